The topological polar surface area (TPSA) is 85.6 Å². The molecule has 0 amide bonds. The number of pyridine rings is 1. The van der Waals surface area contributed by atoms with Gasteiger partial charge in [-0.25, -0.2) is 4.98 Å². The van der Waals surface area contributed by atoms with E-state index in [1.54, 1.807) is 31.9 Å². The summed E-state index contributed by atoms with van der Waals surface area (Å²) in [5.74, 6) is 0.129. The average Bonchev–Trinajstić information content (AvgIpc) is 2.28. The van der Waals surface area contributed by atoms with Crippen LogP contribution in [0, 0.1) is 17.0 Å². The van der Waals surface area contributed by atoms with E-state index in [4.69, 9.17) is 4.74 Å². The van der Waals surface area contributed by atoms with Gasteiger partial charge in [-0.15, -0.1) is 0 Å². The number of nitrogens with zero attached hydrogens (tertiary/aromatic N) is 3. The lowest BCUT2D eigenvalue weighted by Crippen LogP contribution is -2.27. The van der Waals surface area contributed by atoms with E-state index in [2.05, 4.69) is 4.98 Å². The maximum absolute atomic E-state index is 11.3. The van der Waals surface area contributed by atoms with E-state index in [0.29, 0.717) is 18.0 Å². The van der Waals surface area contributed by atoms with Crippen LogP contribution < -0.4 is 4.90 Å². The summed E-state index contributed by atoms with van der Waals surface area (Å²) in [4.78, 5) is 27.0. The first-order chi connectivity index (χ1) is 8.45. The minimum atomic E-state index is -0.489. The lowest BCUT2D eigenvalue weighted by atomic mass is 10.2. The number of carbonyl (C=O) groups excluding carboxylic acids is 1. The van der Waals surface area contributed by atoms with Crippen LogP contribution in [0.3, 0.4) is 0 Å². The largest absolute Gasteiger partial charge is 0.465 e. The van der Waals surface area contributed by atoms with Gasteiger partial charge in [-0.2, -0.15) is 0 Å². The summed E-state index contributed by atoms with van der Waals surface area (Å²) < 4.78 is 4.81. The van der Waals surface area contributed by atoms with E-state index in [1.165, 1.54) is 6.20 Å². The Bertz CT molecular complexity index is 462. The van der Waals surface area contributed by atoms with Crippen LogP contribution in [0.15, 0.2) is 12.3 Å². The van der Waals surface area contributed by atoms with Gasteiger partial charge in [0, 0.05) is 12.6 Å². The number of ether oxygens (including phenoxy) is 1. The Morgan fingerprint density at radius 2 is 2.28 bits per heavy atom. The first-order valence-electron chi connectivity index (χ1n) is 5.43. The fourth-order valence-corrected chi connectivity index (χ4v) is 1.42. The predicted octanol–water partition coefficient (Wildman–Crippen LogP) is 1.30. The summed E-state index contributed by atoms with van der Waals surface area (Å²) in [6.45, 7) is 3.73. The van der Waals surface area contributed by atoms with Gasteiger partial charge in [0.1, 0.15) is 18.6 Å². The third-order valence-electron chi connectivity index (χ3n) is 2.33. The maximum atomic E-state index is 11.3. The molecule has 0 unspecified atom stereocenters. The average molecular weight is 253 g/mol. The van der Waals surface area contributed by atoms with Gasteiger partial charge in [-0.3, -0.25) is 14.9 Å². The van der Waals surface area contributed by atoms with Crippen molar-refractivity contribution in [3.05, 3.63) is 27.9 Å². The molecule has 0 bridgehead atoms. The second-order valence-electron chi connectivity index (χ2n) is 3.75. The molecule has 0 aliphatic carbocycles. The molecule has 0 atom stereocenters. The molecule has 1 heterocycles. The Hall–Kier alpha value is -2.18. The second kappa shape index (κ2) is 5.95. The maximum Gasteiger partial charge on any atom is 0.325 e. The van der Waals surface area contributed by atoms with Crippen molar-refractivity contribution in [1.29, 1.82) is 0 Å². The number of esters is 1. The highest BCUT2D eigenvalue weighted by molar-refractivity contribution is 5.75. The molecular weight excluding hydrogens is 238 g/mol. The van der Waals surface area contributed by atoms with E-state index >= 15 is 0 Å². The van der Waals surface area contributed by atoms with E-state index in [1.807, 2.05) is 0 Å². The Morgan fingerprint density at radius 3 is 2.78 bits per heavy atom. The zero-order valence-electron chi connectivity index (χ0n) is 10.5. The Kier molecular flexibility index (Phi) is 4.59. The van der Waals surface area contributed by atoms with Gasteiger partial charge in [-0.1, -0.05) is 0 Å². The van der Waals surface area contributed by atoms with E-state index < -0.39 is 4.92 Å². The molecule has 0 aliphatic heterocycles. The number of rotatable bonds is 5. The summed E-state index contributed by atoms with van der Waals surface area (Å²) in [6.07, 6.45) is 1.19. The Labute approximate surface area is 105 Å². The molecule has 1 rings (SSSR count). The lowest BCUT2D eigenvalue weighted by Gasteiger charge is -2.17. The summed E-state index contributed by atoms with van der Waals surface area (Å²) >= 11 is 0. The molecule has 98 valence electrons. The molecule has 18 heavy (non-hydrogen) atoms. The fourth-order valence-electron chi connectivity index (χ4n) is 1.42. The minimum Gasteiger partial charge on any atom is -0.465 e. The third kappa shape index (κ3) is 3.41. The number of aromatic nitrogens is 1. The van der Waals surface area contributed by atoms with Crippen LogP contribution in [-0.4, -0.2) is 36.1 Å². The van der Waals surface area contributed by atoms with Crippen LogP contribution >= 0.6 is 0 Å². The summed E-state index contributed by atoms with van der Waals surface area (Å²) in [7, 11) is 1.67. The van der Waals surface area contributed by atoms with Crippen molar-refractivity contribution >= 4 is 17.5 Å². The predicted molar refractivity (Wildman–Crippen MR) is 65.5 cm³/mol. The second-order valence-corrected chi connectivity index (χ2v) is 3.75. The SMILES string of the molecule is CCOC(=O)CN(C)c1cc(C)c([N+](=O)[O-])cn1. The van der Waals surface area contributed by atoms with Crippen molar-refractivity contribution in [2.45, 2.75) is 13.8 Å². The molecule has 1 aromatic heterocycles. The molecular formula is C11H15N3O4. The molecule has 0 aliphatic rings. The van der Waals surface area contributed by atoms with E-state index in [0.717, 1.165) is 0 Å². The number of carbonyl (C=O) groups is 1. The molecule has 1 aromatic rings. The van der Waals surface area contributed by atoms with Crippen molar-refractivity contribution < 1.29 is 14.5 Å². The van der Waals surface area contributed by atoms with Gasteiger partial charge in [0.25, 0.3) is 5.69 Å². The number of hydrogen-bond acceptors (Lipinski definition) is 6. The van der Waals surface area contributed by atoms with Crippen LogP contribution in [0.5, 0.6) is 0 Å². The minimum absolute atomic E-state index is 0.0386. The van der Waals surface area contributed by atoms with Gasteiger partial charge in [-0.05, 0) is 19.9 Å². The smallest absolute Gasteiger partial charge is 0.325 e. The highest BCUT2D eigenvalue weighted by Gasteiger charge is 2.15. The monoisotopic (exact) mass is 253 g/mol. The van der Waals surface area contributed by atoms with Gasteiger partial charge in [0.2, 0.25) is 0 Å². The van der Waals surface area contributed by atoms with Gasteiger partial charge >= 0.3 is 5.97 Å². The first-order valence-corrected chi connectivity index (χ1v) is 5.43. The van der Waals surface area contributed by atoms with Crippen molar-refractivity contribution in [3.8, 4) is 0 Å². The summed E-state index contributed by atoms with van der Waals surface area (Å²) in [5.41, 5.74) is 0.462. The third-order valence-corrected chi connectivity index (χ3v) is 2.33. The van der Waals surface area contributed by atoms with E-state index in [9.17, 15) is 14.9 Å². The van der Waals surface area contributed by atoms with Crippen LogP contribution in [0.4, 0.5) is 11.5 Å². The fraction of sp³-hybridized carbons (Fsp3) is 0.455. The first kappa shape index (κ1) is 13.9. The molecule has 0 radical (unpaired) electrons. The zero-order valence-corrected chi connectivity index (χ0v) is 10.5. The van der Waals surface area contributed by atoms with E-state index in [-0.39, 0.29) is 18.2 Å². The number of anilines is 1. The Morgan fingerprint density at radius 1 is 1.61 bits per heavy atom. The van der Waals surface area contributed by atoms with Crippen LogP contribution in [0.25, 0.3) is 0 Å². The van der Waals surface area contributed by atoms with Gasteiger partial charge < -0.3 is 9.64 Å². The summed E-state index contributed by atoms with van der Waals surface area (Å²) in [5, 5.41) is 10.6. The number of hydrogen-bond donors (Lipinski definition) is 0. The molecule has 0 saturated carbocycles. The van der Waals surface area contributed by atoms with Crippen molar-refractivity contribution in [2.24, 2.45) is 0 Å². The molecule has 7 nitrogen and oxygen atoms in total. The number of nitro groups is 1. The highest BCUT2D eigenvalue weighted by Crippen LogP contribution is 2.20. The number of likely N-dealkylation sites (N-methyl/N-ethyl adjacent to an activating group) is 1. The van der Waals surface area contributed by atoms with Crippen LogP contribution in [0.1, 0.15) is 12.5 Å². The highest BCUT2D eigenvalue weighted by atomic mass is 16.6. The normalized spacial score (nSPS) is 9.94. The van der Waals surface area contributed by atoms with Crippen LogP contribution in [0.2, 0.25) is 0 Å². The van der Waals surface area contributed by atoms with Crippen LogP contribution in [-0.2, 0) is 9.53 Å². The molecule has 0 aromatic carbocycles. The molecule has 0 spiro atoms. The van der Waals surface area contributed by atoms with Crippen molar-refractivity contribution in [1.82, 2.24) is 4.98 Å². The van der Waals surface area contributed by atoms with Crippen molar-refractivity contribution in [3.63, 3.8) is 0 Å². The lowest BCUT2D eigenvalue weighted by molar-refractivity contribution is -0.385. The van der Waals surface area contributed by atoms with Gasteiger partial charge in [0.05, 0.1) is 11.5 Å². The molecule has 0 saturated heterocycles. The standard InChI is InChI=1S/C11H15N3O4/c1-4-18-11(15)7-13(3)10-5-8(2)9(6-12-10)14(16)17/h5-6H,4,7H2,1-3H3. The molecule has 0 fully saturated rings. The number of aryl methyl sites for hydroxylation is 1. The molecule has 7 heteroatoms. The molecule has 0 N–H and O–H groups in total. The Balaban J connectivity index is 2.81. The quantitative estimate of drug-likeness (QED) is 0.446. The summed E-state index contributed by atoms with van der Waals surface area (Å²) in [6, 6.07) is 1.57. The zero-order chi connectivity index (χ0) is 13.7. The van der Waals surface area contributed by atoms with Crippen molar-refractivity contribution in [2.75, 3.05) is 25.1 Å². The van der Waals surface area contributed by atoms with Gasteiger partial charge in [0.15, 0.2) is 0 Å².